The van der Waals surface area contributed by atoms with Gasteiger partial charge in [-0.3, -0.25) is 14.9 Å². The van der Waals surface area contributed by atoms with E-state index in [-0.39, 0.29) is 42.8 Å². The van der Waals surface area contributed by atoms with Crippen molar-refractivity contribution in [1.29, 1.82) is 0 Å². The second-order valence-corrected chi connectivity index (χ2v) is 8.89. The van der Waals surface area contributed by atoms with Gasteiger partial charge in [-0.25, -0.2) is 14.2 Å². The van der Waals surface area contributed by atoms with Crippen molar-refractivity contribution < 1.29 is 28.2 Å². The van der Waals surface area contributed by atoms with Gasteiger partial charge in [-0.1, -0.05) is 48.0 Å². The minimum Gasteiger partial charge on any atom is -0.469 e. The Bertz CT molecular complexity index is 1260. The number of carbonyl (C=O) groups is 3. The number of methoxy groups -OCH3 is 1. The number of aryl methyl sites for hydroxylation is 1. The molecule has 0 bridgehead atoms. The van der Waals surface area contributed by atoms with Crippen molar-refractivity contribution in [3.8, 4) is 0 Å². The van der Waals surface area contributed by atoms with Crippen LogP contribution in [0.5, 0.6) is 0 Å². The van der Waals surface area contributed by atoms with E-state index in [0.29, 0.717) is 24.2 Å². The molecule has 196 valence electrons. The molecule has 37 heavy (non-hydrogen) atoms. The number of aromatic nitrogens is 1. The van der Waals surface area contributed by atoms with Gasteiger partial charge in [-0.15, -0.1) is 0 Å². The van der Waals surface area contributed by atoms with Crippen LogP contribution < -0.4 is 5.32 Å². The molecule has 1 atom stereocenters. The summed E-state index contributed by atoms with van der Waals surface area (Å²) in [5, 5.41) is 4.44. The SMILES string of the molecule is COC(=O)CCC[C@@H](COC(=O)Nc1cc2ccccc2cn1)N(C)C(=O)CCc1cccc(Cl)c1F. The van der Waals surface area contributed by atoms with Crippen molar-refractivity contribution in [3.05, 3.63) is 71.1 Å². The molecule has 1 heterocycles. The van der Waals surface area contributed by atoms with E-state index >= 15 is 0 Å². The van der Waals surface area contributed by atoms with Crippen LogP contribution in [0, 0.1) is 5.82 Å². The number of carbonyl (C=O) groups excluding carboxylic acids is 3. The Morgan fingerprint density at radius 2 is 1.86 bits per heavy atom. The second-order valence-electron chi connectivity index (χ2n) is 8.48. The van der Waals surface area contributed by atoms with Crippen LogP contribution in [0.4, 0.5) is 15.0 Å². The van der Waals surface area contributed by atoms with Gasteiger partial charge in [-0.05, 0) is 42.3 Å². The molecule has 1 aromatic heterocycles. The number of anilines is 1. The maximum absolute atomic E-state index is 14.2. The predicted molar refractivity (Wildman–Crippen MR) is 139 cm³/mol. The lowest BCUT2D eigenvalue weighted by atomic mass is 10.1. The minimum absolute atomic E-state index is 0.000642. The molecule has 2 amide bonds. The summed E-state index contributed by atoms with van der Waals surface area (Å²) in [7, 11) is 2.89. The van der Waals surface area contributed by atoms with Crippen molar-refractivity contribution in [2.24, 2.45) is 0 Å². The molecule has 0 radical (unpaired) electrons. The Morgan fingerprint density at radius 3 is 2.62 bits per heavy atom. The second kappa shape index (κ2) is 13.5. The number of likely N-dealkylation sites (N-methyl/N-ethyl adjacent to an activating group) is 1. The highest BCUT2D eigenvalue weighted by Crippen LogP contribution is 2.20. The van der Waals surface area contributed by atoms with E-state index in [2.05, 4.69) is 15.0 Å². The van der Waals surface area contributed by atoms with Gasteiger partial charge in [0, 0.05) is 31.5 Å². The first-order valence-electron chi connectivity index (χ1n) is 11.8. The fourth-order valence-electron chi connectivity index (χ4n) is 3.80. The van der Waals surface area contributed by atoms with Gasteiger partial charge >= 0.3 is 12.1 Å². The standard InChI is InChI=1S/C27H29ClFN3O5/c1-32(24(33)14-13-18-9-5-11-22(28)26(18)29)21(10-6-12-25(34)36-2)17-37-27(35)31-23-15-19-7-3-4-8-20(19)16-30-23/h3-5,7-9,11,15-16,21H,6,10,12-14,17H2,1-2H3,(H,30,31,35)/t21-/m0/s1. The molecule has 3 rings (SSSR count). The minimum atomic E-state index is -0.720. The largest absolute Gasteiger partial charge is 0.469 e. The first-order valence-corrected chi connectivity index (χ1v) is 12.2. The average molecular weight is 530 g/mol. The van der Waals surface area contributed by atoms with Gasteiger partial charge in [0.1, 0.15) is 18.2 Å². The number of hydrogen-bond donors (Lipinski definition) is 1. The summed E-state index contributed by atoms with van der Waals surface area (Å²) >= 11 is 5.83. The molecule has 10 heteroatoms. The number of esters is 1. The van der Waals surface area contributed by atoms with Gasteiger partial charge in [0.25, 0.3) is 0 Å². The molecule has 2 aromatic carbocycles. The zero-order valence-electron chi connectivity index (χ0n) is 20.7. The molecule has 0 aliphatic rings. The Balaban J connectivity index is 1.60. The number of nitrogens with zero attached hydrogens (tertiary/aromatic N) is 2. The van der Waals surface area contributed by atoms with E-state index < -0.39 is 18.0 Å². The lowest BCUT2D eigenvalue weighted by Crippen LogP contribution is -2.41. The lowest BCUT2D eigenvalue weighted by Gasteiger charge is -2.28. The monoisotopic (exact) mass is 529 g/mol. The Morgan fingerprint density at radius 1 is 1.11 bits per heavy atom. The van der Waals surface area contributed by atoms with E-state index in [1.54, 1.807) is 31.4 Å². The fraction of sp³-hybridized carbons (Fsp3) is 0.333. The molecule has 0 saturated heterocycles. The summed E-state index contributed by atoms with van der Waals surface area (Å²) in [6.45, 7) is -0.103. The number of nitrogens with one attached hydrogen (secondary N) is 1. The van der Waals surface area contributed by atoms with E-state index in [1.165, 1.54) is 18.1 Å². The van der Waals surface area contributed by atoms with Crippen LogP contribution in [0.15, 0.2) is 54.7 Å². The summed E-state index contributed by atoms with van der Waals surface area (Å²) in [6.07, 6.45) is 2.11. The molecule has 0 saturated carbocycles. The molecule has 0 aliphatic heterocycles. The Kier molecular flexibility index (Phi) is 10.2. The number of halogens is 2. The van der Waals surface area contributed by atoms with Gasteiger partial charge in [0.2, 0.25) is 5.91 Å². The van der Waals surface area contributed by atoms with Crippen LogP contribution in [0.3, 0.4) is 0 Å². The third-order valence-electron chi connectivity index (χ3n) is 5.99. The molecule has 1 N–H and O–H groups in total. The Labute approximate surface area is 219 Å². The third kappa shape index (κ3) is 8.15. The topological polar surface area (TPSA) is 97.8 Å². The maximum Gasteiger partial charge on any atom is 0.412 e. The van der Waals surface area contributed by atoms with Crippen LogP contribution in [0.1, 0.15) is 31.2 Å². The highest BCUT2D eigenvalue weighted by molar-refractivity contribution is 6.30. The summed E-state index contributed by atoms with van der Waals surface area (Å²) in [6, 6.07) is 13.5. The van der Waals surface area contributed by atoms with Crippen LogP contribution in [-0.4, -0.2) is 54.7 Å². The number of hydrogen-bond acceptors (Lipinski definition) is 6. The van der Waals surface area contributed by atoms with E-state index in [0.717, 1.165) is 10.8 Å². The number of amides is 2. The number of rotatable bonds is 11. The summed E-state index contributed by atoms with van der Waals surface area (Å²) in [5.74, 6) is -0.844. The molecule has 0 unspecified atom stereocenters. The van der Waals surface area contributed by atoms with Crippen molar-refractivity contribution in [3.63, 3.8) is 0 Å². The van der Waals surface area contributed by atoms with Crippen LogP contribution in [0.2, 0.25) is 5.02 Å². The van der Waals surface area contributed by atoms with Gasteiger partial charge in [-0.2, -0.15) is 0 Å². The maximum atomic E-state index is 14.2. The number of ether oxygens (including phenoxy) is 2. The molecule has 3 aromatic rings. The summed E-state index contributed by atoms with van der Waals surface area (Å²) < 4.78 is 24.3. The molecule has 0 aliphatic carbocycles. The fourth-order valence-corrected chi connectivity index (χ4v) is 3.99. The molecular weight excluding hydrogens is 501 g/mol. The first kappa shape index (κ1) is 27.9. The van der Waals surface area contributed by atoms with Crippen molar-refractivity contribution in [1.82, 2.24) is 9.88 Å². The van der Waals surface area contributed by atoms with Gasteiger partial charge in [0.05, 0.1) is 18.2 Å². The Hall–Kier alpha value is -3.72. The smallest absolute Gasteiger partial charge is 0.412 e. The quantitative estimate of drug-likeness (QED) is 0.335. The normalized spacial score (nSPS) is 11.6. The van der Waals surface area contributed by atoms with Crippen molar-refractivity contribution in [2.75, 3.05) is 26.1 Å². The predicted octanol–water partition coefficient (Wildman–Crippen LogP) is 5.38. The van der Waals surface area contributed by atoms with Gasteiger partial charge < -0.3 is 14.4 Å². The van der Waals surface area contributed by atoms with Crippen LogP contribution in [0.25, 0.3) is 10.8 Å². The number of benzene rings is 2. The van der Waals surface area contributed by atoms with Gasteiger partial charge in [0.15, 0.2) is 0 Å². The number of fused-ring (bicyclic) bond motifs is 1. The third-order valence-corrected chi connectivity index (χ3v) is 6.29. The zero-order chi connectivity index (χ0) is 26.8. The highest BCUT2D eigenvalue weighted by Gasteiger charge is 2.22. The molecular formula is C27H29ClFN3O5. The van der Waals surface area contributed by atoms with Crippen LogP contribution in [-0.2, 0) is 25.5 Å². The van der Waals surface area contributed by atoms with E-state index in [9.17, 15) is 18.8 Å². The zero-order valence-corrected chi connectivity index (χ0v) is 21.5. The van der Waals surface area contributed by atoms with E-state index in [4.69, 9.17) is 16.3 Å². The van der Waals surface area contributed by atoms with E-state index in [1.807, 2.05) is 24.3 Å². The van der Waals surface area contributed by atoms with Crippen molar-refractivity contribution >= 4 is 46.2 Å². The van der Waals surface area contributed by atoms with Crippen molar-refractivity contribution in [2.45, 2.75) is 38.1 Å². The summed E-state index contributed by atoms with van der Waals surface area (Å²) in [5.41, 5.74) is 0.343. The highest BCUT2D eigenvalue weighted by atomic mass is 35.5. The molecule has 8 nitrogen and oxygen atoms in total. The molecule has 0 spiro atoms. The van der Waals surface area contributed by atoms with Crippen LogP contribution >= 0.6 is 11.6 Å². The lowest BCUT2D eigenvalue weighted by molar-refractivity contribution is -0.140. The average Bonchev–Trinajstić information content (AvgIpc) is 2.90. The number of pyridine rings is 1. The molecule has 0 fully saturated rings. The summed E-state index contributed by atoms with van der Waals surface area (Å²) in [4.78, 5) is 42.5. The first-order chi connectivity index (χ1) is 17.8.